The summed E-state index contributed by atoms with van der Waals surface area (Å²) < 4.78 is 28.1. The van der Waals surface area contributed by atoms with Crippen molar-refractivity contribution >= 4 is 27.3 Å². The number of sulfonamides is 1. The summed E-state index contributed by atoms with van der Waals surface area (Å²) in [6, 6.07) is 19.6. The number of para-hydroxylation sites is 1. The van der Waals surface area contributed by atoms with Gasteiger partial charge in [-0.05, 0) is 73.7 Å². The molecule has 0 aromatic heterocycles. The average Bonchev–Trinajstić information content (AvgIpc) is 2.73. The Bertz CT molecular complexity index is 1170. The predicted octanol–water partition coefficient (Wildman–Crippen LogP) is 5.01. The number of amides is 1. The minimum Gasteiger partial charge on any atom is -0.324 e. The summed E-state index contributed by atoms with van der Waals surface area (Å²) >= 11 is 0. The number of carbonyl (C=O) groups is 1. The lowest BCUT2D eigenvalue weighted by atomic mass is 10.1. The van der Waals surface area contributed by atoms with Crippen molar-refractivity contribution < 1.29 is 13.2 Å². The van der Waals surface area contributed by atoms with Crippen LogP contribution in [0.3, 0.4) is 0 Å². The molecule has 6 heteroatoms. The molecule has 0 unspecified atom stereocenters. The van der Waals surface area contributed by atoms with Crippen molar-refractivity contribution in [2.24, 2.45) is 0 Å². The van der Waals surface area contributed by atoms with E-state index in [9.17, 15) is 13.2 Å². The second-order valence-corrected chi connectivity index (χ2v) is 9.54. The van der Waals surface area contributed by atoms with E-state index in [2.05, 4.69) is 5.32 Å². The van der Waals surface area contributed by atoms with Gasteiger partial charge in [0.15, 0.2) is 0 Å². The molecule has 0 atom stereocenters. The van der Waals surface area contributed by atoms with Crippen LogP contribution in [-0.2, 0) is 21.2 Å². The zero-order valence-corrected chi connectivity index (χ0v) is 19.2. The third-order valence-electron chi connectivity index (χ3n) is 5.12. The summed E-state index contributed by atoms with van der Waals surface area (Å²) in [5.41, 5.74) is 5.02. The number of nitrogens with one attached hydrogen (secondary N) is 1. The first-order chi connectivity index (χ1) is 14.7. The monoisotopic (exact) mass is 436 g/mol. The zero-order valence-electron chi connectivity index (χ0n) is 18.3. The molecule has 3 aromatic carbocycles. The number of carbonyl (C=O) groups excluding carboxylic acids is 1. The van der Waals surface area contributed by atoms with Gasteiger partial charge in [-0.2, -0.15) is 0 Å². The number of nitrogens with zero attached hydrogens (tertiary/aromatic N) is 1. The third kappa shape index (κ3) is 5.14. The number of hydrogen-bond donors (Lipinski definition) is 1. The molecule has 0 heterocycles. The van der Waals surface area contributed by atoms with Crippen molar-refractivity contribution in [2.75, 3.05) is 16.2 Å². The Balaban J connectivity index is 2.01. The summed E-state index contributed by atoms with van der Waals surface area (Å²) in [5.74, 6) is -0.386. The molecule has 0 saturated heterocycles. The van der Waals surface area contributed by atoms with Gasteiger partial charge in [-0.25, -0.2) is 8.42 Å². The van der Waals surface area contributed by atoms with E-state index in [0.717, 1.165) is 34.4 Å². The molecule has 0 spiro atoms. The molecule has 3 aromatic rings. The minimum absolute atomic E-state index is 0.145. The summed E-state index contributed by atoms with van der Waals surface area (Å²) in [4.78, 5) is 13.2. The van der Waals surface area contributed by atoms with Gasteiger partial charge in [-0.15, -0.1) is 0 Å². The lowest BCUT2D eigenvalue weighted by Gasteiger charge is -2.25. The maximum absolute atomic E-state index is 13.5. The number of hydrogen-bond acceptors (Lipinski definition) is 3. The number of benzene rings is 3. The normalized spacial score (nSPS) is 11.2. The van der Waals surface area contributed by atoms with E-state index in [-0.39, 0.29) is 17.3 Å². The molecule has 1 amide bonds. The van der Waals surface area contributed by atoms with Crippen molar-refractivity contribution in [1.82, 2.24) is 0 Å². The Morgan fingerprint density at radius 1 is 0.903 bits per heavy atom. The summed E-state index contributed by atoms with van der Waals surface area (Å²) in [7, 11) is -3.93. The van der Waals surface area contributed by atoms with E-state index in [0.29, 0.717) is 5.69 Å². The first-order valence-electron chi connectivity index (χ1n) is 10.3. The van der Waals surface area contributed by atoms with Crippen LogP contribution in [0.5, 0.6) is 0 Å². The van der Waals surface area contributed by atoms with Crippen LogP contribution < -0.4 is 9.62 Å². The molecule has 0 aliphatic carbocycles. The molecule has 0 aliphatic rings. The van der Waals surface area contributed by atoms with Gasteiger partial charge in [-0.3, -0.25) is 9.10 Å². The molecule has 0 saturated carbocycles. The van der Waals surface area contributed by atoms with Gasteiger partial charge in [-0.1, -0.05) is 49.4 Å². The topological polar surface area (TPSA) is 66.5 Å². The molecule has 0 bridgehead atoms. The molecule has 0 fully saturated rings. The van der Waals surface area contributed by atoms with Crippen LogP contribution >= 0.6 is 0 Å². The number of rotatable bonds is 7. The largest absolute Gasteiger partial charge is 0.324 e. The quantitative estimate of drug-likeness (QED) is 0.566. The highest BCUT2D eigenvalue weighted by Crippen LogP contribution is 2.27. The average molecular weight is 437 g/mol. The Morgan fingerprint density at radius 2 is 1.55 bits per heavy atom. The van der Waals surface area contributed by atoms with E-state index in [1.165, 1.54) is 4.31 Å². The Labute approximate surface area is 184 Å². The molecule has 1 N–H and O–H groups in total. The molecule has 3 rings (SSSR count). The predicted molar refractivity (Wildman–Crippen MR) is 126 cm³/mol. The molecular weight excluding hydrogens is 408 g/mol. The van der Waals surface area contributed by atoms with Crippen LogP contribution in [0.1, 0.15) is 29.2 Å². The van der Waals surface area contributed by atoms with Gasteiger partial charge in [0.25, 0.3) is 10.0 Å². The van der Waals surface area contributed by atoms with Gasteiger partial charge in [0, 0.05) is 5.69 Å². The molecule has 162 valence electrons. The van der Waals surface area contributed by atoms with Gasteiger partial charge < -0.3 is 5.32 Å². The molecule has 0 radical (unpaired) electrons. The molecule has 31 heavy (non-hydrogen) atoms. The SMILES string of the molecule is CCc1cccc(C)c1NC(=O)CN(c1cc(C)cc(C)c1)S(=O)(=O)c1ccccc1. The van der Waals surface area contributed by atoms with Crippen molar-refractivity contribution in [2.45, 2.75) is 39.0 Å². The van der Waals surface area contributed by atoms with Crippen molar-refractivity contribution in [3.63, 3.8) is 0 Å². The Hall–Kier alpha value is -3.12. The van der Waals surface area contributed by atoms with Crippen LogP contribution in [-0.4, -0.2) is 20.9 Å². The zero-order chi connectivity index (χ0) is 22.6. The van der Waals surface area contributed by atoms with E-state index < -0.39 is 10.0 Å². The highest BCUT2D eigenvalue weighted by atomic mass is 32.2. The second kappa shape index (κ2) is 9.35. The first-order valence-corrected chi connectivity index (χ1v) is 11.7. The van der Waals surface area contributed by atoms with E-state index in [1.54, 1.807) is 42.5 Å². The van der Waals surface area contributed by atoms with Gasteiger partial charge in [0.05, 0.1) is 10.6 Å². The molecule has 5 nitrogen and oxygen atoms in total. The van der Waals surface area contributed by atoms with Crippen molar-refractivity contribution in [1.29, 1.82) is 0 Å². The third-order valence-corrected chi connectivity index (χ3v) is 6.91. The lowest BCUT2D eigenvalue weighted by molar-refractivity contribution is -0.114. The van der Waals surface area contributed by atoms with E-state index >= 15 is 0 Å². The van der Waals surface area contributed by atoms with Crippen molar-refractivity contribution in [3.8, 4) is 0 Å². The summed E-state index contributed by atoms with van der Waals surface area (Å²) in [6.45, 7) is 7.44. The van der Waals surface area contributed by atoms with Gasteiger partial charge in [0.1, 0.15) is 6.54 Å². The Morgan fingerprint density at radius 3 is 2.16 bits per heavy atom. The van der Waals surface area contributed by atoms with Crippen LogP contribution in [0, 0.1) is 20.8 Å². The smallest absolute Gasteiger partial charge is 0.264 e. The number of anilines is 2. The number of aryl methyl sites for hydroxylation is 4. The fourth-order valence-electron chi connectivity index (χ4n) is 3.64. The second-order valence-electron chi connectivity index (χ2n) is 7.68. The minimum atomic E-state index is -3.93. The Kier molecular flexibility index (Phi) is 6.81. The highest BCUT2D eigenvalue weighted by Gasteiger charge is 2.27. The van der Waals surface area contributed by atoms with Gasteiger partial charge in [0.2, 0.25) is 5.91 Å². The van der Waals surface area contributed by atoms with Crippen LogP contribution in [0.4, 0.5) is 11.4 Å². The van der Waals surface area contributed by atoms with Gasteiger partial charge >= 0.3 is 0 Å². The fraction of sp³-hybridized carbons (Fsp3) is 0.240. The standard InChI is InChI=1S/C25H28N2O3S/c1-5-21-11-9-10-20(4)25(21)26-24(28)17-27(22-15-18(2)14-19(3)16-22)31(29,30)23-12-7-6-8-13-23/h6-16H,5,17H2,1-4H3,(H,26,28). The van der Waals surface area contributed by atoms with Crippen LogP contribution in [0.15, 0.2) is 71.6 Å². The first kappa shape index (κ1) is 22.6. The van der Waals surface area contributed by atoms with Crippen LogP contribution in [0.2, 0.25) is 0 Å². The lowest BCUT2D eigenvalue weighted by Crippen LogP contribution is -2.38. The van der Waals surface area contributed by atoms with Crippen LogP contribution in [0.25, 0.3) is 0 Å². The molecular formula is C25H28N2O3S. The van der Waals surface area contributed by atoms with E-state index in [1.807, 2.05) is 52.0 Å². The summed E-state index contributed by atoms with van der Waals surface area (Å²) in [5, 5.41) is 2.94. The highest BCUT2D eigenvalue weighted by molar-refractivity contribution is 7.92. The maximum Gasteiger partial charge on any atom is 0.264 e. The maximum atomic E-state index is 13.5. The fourth-order valence-corrected chi connectivity index (χ4v) is 5.07. The van der Waals surface area contributed by atoms with E-state index in [4.69, 9.17) is 0 Å². The van der Waals surface area contributed by atoms with Crippen molar-refractivity contribution in [3.05, 3.63) is 89.0 Å². The molecule has 0 aliphatic heterocycles. The summed E-state index contributed by atoms with van der Waals surface area (Å²) in [6.07, 6.45) is 0.764.